The Balaban J connectivity index is 2.90. The molecule has 0 heterocycles. The lowest BCUT2D eigenvalue weighted by atomic mass is 10.2. The summed E-state index contributed by atoms with van der Waals surface area (Å²) in [5, 5.41) is 8.62. The van der Waals surface area contributed by atoms with Crippen molar-refractivity contribution in [3.05, 3.63) is 29.8 Å². The minimum atomic E-state index is -3.40. The van der Waals surface area contributed by atoms with Crippen molar-refractivity contribution in [1.29, 1.82) is 0 Å². The summed E-state index contributed by atoms with van der Waals surface area (Å²) in [5.41, 5.74) is 0.741. The van der Waals surface area contributed by atoms with Gasteiger partial charge in [0.25, 0.3) is 0 Å². The maximum absolute atomic E-state index is 12.2. The van der Waals surface area contributed by atoms with E-state index in [-0.39, 0.29) is 11.5 Å². The van der Waals surface area contributed by atoms with Crippen molar-refractivity contribution in [1.82, 2.24) is 4.31 Å². The van der Waals surface area contributed by atoms with Gasteiger partial charge in [-0.2, -0.15) is 0 Å². The Bertz CT molecular complexity index is 553. The SMILES string of the molecule is CCCN(C)S(=O)(=O)c1ccc(C#CCCO)cc1. The van der Waals surface area contributed by atoms with Crippen molar-refractivity contribution in [2.75, 3.05) is 20.2 Å². The van der Waals surface area contributed by atoms with E-state index < -0.39 is 10.0 Å². The molecule has 0 spiro atoms. The molecule has 1 aromatic carbocycles. The number of aliphatic hydroxyl groups excluding tert-OH is 1. The van der Waals surface area contributed by atoms with Crippen LogP contribution in [0, 0.1) is 11.8 Å². The molecule has 0 saturated carbocycles. The minimum absolute atomic E-state index is 0.0290. The van der Waals surface area contributed by atoms with Gasteiger partial charge in [0.15, 0.2) is 0 Å². The molecule has 5 heteroatoms. The Morgan fingerprint density at radius 3 is 2.42 bits per heavy atom. The van der Waals surface area contributed by atoms with Crippen LogP contribution in [0.15, 0.2) is 29.2 Å². The highest BCUT2D eigenvalue weighted by Crippen LogP contribution is 2.15. The third-order valence-corrected chi connectivity index (χ3v) is 4.44. The lowest BCUT2D eigenvalue weighted by Gasteiger charge is -2.16. The summed E-state index contributed by atoms with van der Waals surface area (Å²) >= 11 is 0. The summed E-state index contributed by atoms with van der Waals surface area (Å²) in [7, 11) is -1.82. The number of aliphatic hydroxyl groups is 1. The Morgan fingerprint density at radius 2 is 1.89 bits per heavy atom. The second-order valence-corrected chi connectivity index (χ2v) is 6.17. The second-order valence-electron chi connectivity index (χ2n) is 4.13. The largest absolute Gasteiger partial charge is 0.395 e. The molecule has 0 aliphatic carbocycles. The Labute approximate surface area is 115 Å². The molecule has 0 bridgehead atoms. The van der Waals surface area contributed by atoms with Gasteiger partial charge in [-0.15, -0.1) is 0 Å². The van der Waals surface area contributed by atoms with Crippen LogP contribution in [0.5, 0.6) is 0 Å². The van der Waals surface area contributed by atoms with Crippen LogP contribution in [0.3, 0.4) is 0 Å². The molecule has 0 aliphatic heterocycles. The average molecular weight is 281 g/mol. The quantitative estimate of drug-likeness (QED) is 0.831. The van der Waals surface area contributed by atoms with E-state index >= 15 is 0 Å². The molecule has 0 fully saturated rings. The zero-order valence-corrected chi connectivity index (χ0v) is 12.1. The molecule has 19 heavy (non-hydrogen) atoms. The van der Waals surface area contributed by atoms with Gasteiger partial charge in [0.2, 0.25) is 10.0 Å². The highest BCUT2D eigenvalue weighted by Gasteiger charge is 2.19. The molecule has 0 saturated heterocycles. The predicted molar refractivity (Wildman–Crippen MR) is 75.1 cm³/mol. The first kappa shape index (κ1) is 15.7. The fourth-order valence-corrected chi connectivity index (χ4v) is 2.81. The van der Waals surface area contributed by atoms with E-state index in [9.17, 15) is 8.42 Å². The van der Waals surface area contributed by atoms with Crippen LogP contribution < -0.4 is 0 Å². The maximum atomic E-state index is 12.2. The number of nitrogens with zero attached hydrogens (tertiary/aromatic N) is 1. The highest BCUT2D eigenvalue weighted by atomic mass is 32.2. The summed E-state index contributed by atoms with van der Waals surface area (Å²) in [4.78, 5) is 0.274. The third kappa shape index (κ3) is 4.35. The Hall–Kier alpha value is -1.35. The van der Waals surface area contributed by atoms with Crippen LogP contribution >= 0.6 is 0 Å². The van der Waals surface area contributed by atoms with E-state index in [1.165, 1.54) is 4.31 Å². The first-order chi connectivity index (χ1) is 9.02. The van der Waals surface area contributed by atoms with Crippen molar-refractivity contribution in [2.45, 2.75) is 24.7 Å². The van der Waals surface area contributed by atoms with Crippen LogP contribution in [0.1, 0.15) is 25.3 Å². The molecule has 1 N–H and O–H groups in total. The van der Waals surface area contributed by atoms with Gasteiger partial charge in [0.05, 0.1) is 11.5 Å². The molecular weight excluding hydrogens is 262 g/mol. The molecule has 104 valence electrons. The molecule has 0 atom stereocenters. The van der Waals surface area contributed by atoms with Gasteiger partial charge in [0.1, 0.15) is 0 Å². The molecule has 0 amide bonds. The first-order valence-corrected chi connectivity index (χ1v) is 7.62. The fourth-order valence-electron chi connectivity index (χ4n) is 1.55. The number of hydrogen-bond acceptors (Lipinski definition) is 3. The van der Waals surface area contributed by atoms with Crippen molar-refractivity contribution in [3.8, 4) is 11.8 Å². The van der Waals surface area contributed by atoms with Gasteiger partial charge >= 0.3 is 0 Å². The van der Waals surface area contributed by atoms with Gasteiger partial charge in [-0.05, 0) is 30.7 Å². The average Bonchev–Trinajstić information content (AvgIpc) is 2.40. The topological polar surface area (TPSA) is 57.6 Å². The van der Waals surface area contributed by atoms with Gasteiger partial charge in [-0.25, -0.2) is 12.7 Å². The Kier molecular flexibility index (Phi) is 6.03. The lowest BCUT2D eigenvalue weighted by Crippen LogP contribution is -2.27. The zero-order chi connectivity index (χ0) is 14.3. The van der Waals surface area contributed by atoms with Gasteiger partial charge in [-0.3, -0.25) is 0 Å². The van der Waals surface area contributed by atoms with E-state index in [4.69, 9.17) is 5.11 Å². The van der Waals surface area contributed by atoms with E-state index in [0.717, 1.165) is 12.0 Å². The van der Waals surface area contributed by atoms with Crippen molar-refractivity contribution in [2.24, 2.45) is 0 Å². The van der Waals surface area contributed by atoms with Crippen molar-refractivity contribution in [3.63, 3.8) is 0 Å². The van der Waals surface area contributed by atoms with Crippen LogP contribution in [-0.2, 0) is 10.0 Å². The molecule has 4 nitrogen and oxygen atoms in total. The van der Waals surface area contributed by atoms with E-state index in [1.807, 2.05) is 6.92 Å². The summed E-state index contributed by atoms with van der Waals surface area (Å²) in [6.07, 6.45) is 1.19. The van der Waals surface area contributed by atoms with E-state index in [1.54, 1.807) is 31.3 Å². The molecule has 0 radical (unpaired) electrons. The van der Waals surface area contributed by atoms with E-state index in [0.29, 0.717) is 13.0 Å². The molecule has 1 aromatic rings. The molecule has 0 aromatic heterocycles. The van der Waals surface area contributed by atoms with Gasteiger partial charge in [0, 0.05) is 25.6 Å². The van der Waals surface area contributed by atoms with Crippen LogP contribution in [0.2, 0.25) is 0 Å². The lowest BCUT2D eigenvalue weighted by molar-refractivity contribution is 0.305. The van der Waals surface area contributed by atoms with Crippen molar-refractivity contribution < 1.29 is 13.5 Å². The second kappa shape index (κ2) is 7.29. The first-order valence-electron chi connectivity index (χ1n) is 6.18. The number of sulfonamides is 1. The number of rotatable bonds is 5. The third-order valence-electron chi connectivity index (χ3n) is 2.57. The maximum Gasteiger partial charge on any atom is 0.242 e. The number of benzene rings is 1. The minimum Gasteiger partial charge on any atom is -0.395 e. The summed E-state index contributed by atoms with van der Waals surface area (Å²) in [5.74, 6) is 5.65. The normalized spacial score (nSPS) is 11.2. The van der Waals surface area contributed by atoms with Crippen LogP contribution in [0.4, 0.5) is 0 Å². The zero-order valence-electron chi connectivity index (χ0n) is 11.3. The Morgan fingerprint density at radius 1 is 1.26 bits per heavy atom. The van der Waals surface area contributed by atoms with Crippen molar-refractivity contribution >= 4 is 10.0 Å². The van der Waals surface area contributed by atoms with Crippen LogP contribution in [-0.4, -0.2) is 38.0 Å². The monoisotopic (exact) mass is 281 g/mol. The molecular formula is C14H19NO3S. The summed E-state index contributed by atoms with van der Waals surface area (Å²) < 4.78 is 25.6. The van der Waals surface area contributed by atoms with Gasteiger partial charge < -0.3 is 5.11 Å². The summed E-state index contributed by atoms with van der Waals surface area (Å²) in [6.45, 7) is 2.47. The predicted octanol–water partition coefficient (Wildman–Crippen LogP) is 1.45. The van der Waals surface area contributed by atoms with E-state index in [2.05, 4.69) is 11.8 Å². The molecule has 0 unspecified atom stereocenters. The molecule has 0 aliphatic rings. The highest BCUT2D eigenvalue weighted by molar-refractivity contribution is 7.89. The fraction of sp³-hybridized carbons (Fsp3) is 0.429. The smallest absolute Gasteiger partial charge is 0.242 e. The van der Waals surface area contributed by atoms with Gasteiger partial charge in [-0.1, -0.05) is 18.8 Å². The molecule has 1 rings (SSSR count). The standard InChI is InChI=1S/C14H19NO3S/c1-3-11-15(2)19(17,18)14-9-7-13(8-10-14)6-4-5-12-16/h7-10,16H,3,5,11-12H2,1-2H3. The summed E-state index contributed by atoms with van der Waals surface area (Å²) in [6, 6.07) is 6.48. The van der Waals surface area contributed by atoms with Crippen LogP contribution in [0.25, 0.3) is 0 Å². The number of hydrogen-bond donors (Lipinski definition) is 1.